The van der Waals surface area contributed by atoms with Crippen LogP contribution in [0.15, 0.2) is 22.8 Å². The minimum atomic E-state index is -3.44. The van der Waals surface area contributed by atoms with Crippen molar-refractivity contribution in [2.24, 2.45) is 0 Å². The molecule has 7 nitrogen and oxygen atoms in total. The number of nitrogens with one attached hydrogen (secondary N) is 2. The minimum absolute atomic E-state index is 0.123. The fourth-order valence-electron chi connectivity index (χ4n) is 2.04. The number of nitrogens with zero attached hydrogens (tertiary/aromatic N) is 1. The highest BCUT2D eigenvalue weighted by molar-refractivity contribution is 7.87. The van der Waals surface area contributed by atoms with Crippen molar-refractivity contribution in [2.45, 2.75) is 6.04 Å². The van der Waals surface area contributed by atoms with Crippen molar-refractivity contribution >= 4 is 10.2 Å². The lowest BCUT2D eigenvalue weighted by Crippen LogP contribution is -2.45. The molecule has 19 heavy (non-hydrogen) atoms. The molecule has 2 rings (SSSR count). The summed E-state index contributed by atoms with van der Waals surface area (Å²) < 4.78 is 38.4. The summed E-state index contributed by atoms with van der Waals surface area (Å²) in [4.78, 5) is 2.15. The van der Waals surface area contributed by atoms with Crippen LogP contribution in [0, 0.1) is 0 Å². The molecule has 1 aromatic rings. The van der Waals surface area contributed by atoms with Crippen molar-refractivity contribution in [1.82, 2.24) is 14.3 Å². The molecule has 2 heterocycles. The van der Waals surface area contributed by atoms with E-state index in [-0.39, 0.29) is 12.6 Å². The predicted molar refractivity (Wildman–Crippen MR) is 69.8 cm³/mol. The maximum atomic E-state index is 11.5. The number of hydrogen-bond acceptors (Lipinski definition) is 5. The smallest absolute Gasteiger partial charge is 0.276 e. The highest BCUT2D eigenvalue weighted by atomic mass is 32.2. The lowest BCUT2D eigenvalue weighted by Gasteiger charge is -2.33. The summed E-state index contributed by atoms with van der Waals surface area (Å²) in [6.07, 6.45) is 1.59. The number of morpholine rings is 1. The van der Waals surface area contributed by atoms with Gasteiger partial charge in [0.2, 0.25) is 0 Å². The van der Waals surface area contributed by atoms with Crippen LogP contribution in [0.4, 0.5) is 0 Å². The first-order valence-electron chi connectivity index (χ1n) is 6.16. The second-order valence-electron chi connectivity index (χ2n) is 4.24. The summed E-state index contributed by atoms with van der Waals surface area (Å²) in [6.45, 7) is 3.07. The van der Waals surface area contributed by atoms with Gasteiger partial charge in [0, 0.05) is 26.7 Å². The molecule has 0 aliphatic carbocycles. The Hall–Kier alpha value is -0.930. The zero-order valence-electron chi connectivity index (χ0n) is 10.8. The van der Waals surface area contributed by atoms with E-state index in [0.717, 1.165) is 18.8 Å². The molecule has 1 aliphatic rings. The Labute approximate surface area is 113 Å². The molecule has 108 valence electrons. The van der Waals surface area contributed by atoms with E-state index >= 15 is 0 Å². The first-order valence-corrected chi connectivity index (χ1v) is 7.64. The van der Waals surface area contributed by atoms with Crippen LogP contribution in [0.25, 0.3) is 0 Å². The molecular formula is C11H19N3O4S. The predicted octanol–water partition coefficient (Wildman–Crippen LogP) is -0.293. The Morgan fingerprint density at radius 1 is 1.42 bits per heavy atom. The molecular weight excluding hydrogens is 270 g/mol. The van der Waals surface area contributed by atoms with Crippen molar-refractivity contribution in [2.75, 3.05) is 39.9 Å². The molecule has 0 radical (unpaired) electrons. The van der Waals surface area contributed by atoms with Crippen molar-refractivity contribution < 1.29 is 17.6 Å². The SMILES string of the molecule is CNS(=O)(=O)NCC(c1ccco1)N1CCOCC1. The van der Waals surface area contributed by atoms with Gasteiger partial charge in [-0.05, 0) is 12.1 Å². The molecule has 0 bridgehead atoms. The summed E-state index contributed by atoms with van der Waals surface area (Å²) >= 11 is 0. The Morgan fingerprint density at radius 2 is 2.16 bits per heavy atom. The molecule has 0 spiro atoms. The maximum absolute atomic E-state index is 11.5. The van der Waals surface area contributed by atoms with Crippen molar-refractivity contribution in [1.29, 1.82) is 0 Å². The number of hydrogen-bond donors (Lipinski definition) is 2. The Bertz CT molecular complexity index is 468. The third-order valence-corrected chi connectivity index (χ3v) is 4.18. The summed E-state index contributed by atoms with van der Waals surface area (Å²) in [5.74, 6) is 0.751. The van der Waals surface area contributed by atoms with E-state index in [1.54, 1.807) is 12.3 Å². The molecule has 1 saturated heterocycles. The first-order chi connectivity index (χ1) is 9.12. The number of rotatable bonds is 6. The summed E-state index contributed by atoms with van der Waals surface area (Å²) in [6, 6.07) is 3.53. The molecule has 0 aromatic carbocycles. The van der Waals surface area contributed by atoms with Gasteiger partial charge in [-0.1, -0.05) is 0 Å². The Kier molecular flexibility index (Phi) is 4.94. The lowest BCUT2D eigenvalue weighted by molar-refractivity contribution is 0.0128. The van der Waals surface area contributed by atoms with E-state index in [1.165, 1.54) is 7.05 Å². The van der Waals surface area contributed by atoms with Crippen LogP contribution in [0.2, 0.25) is 0 Å². The van der Waals surface area contributed by atoms with Crippen LogP contribution >= 0.6 is 0 Å². The van der Waals surface area contributed by atoms with Gasteiger partial charge in [0.1, 0.15) is 5.76 Å². The van der Waals surface area contributed by atoms with Crippen LogP contribution in [0.3, 0.4) is 0 Å². The Morgan fingerprint density at radius 3 is 2.74 bits per heavy atom. The summed E-state index contributed by atoms with van der Waals surface area (Å²) in [7, 11) is -2.07. The first kappa shape index (κ1) is 14.5. The van der Waals surface area contributed by atoms with E-state index in [9.17, 15) is 8.42 Å². The summed E-state index contributed by atoms with van der Waals surface area (Å²) in [5, 5.41) is 0. The number of ether oxygens (including phenoxy) is 1. The average Bonchev–Trinajstić information content (AvgIpc) is 2.94. The fraction of sp³-hybridized carbons (Fsp3) is 0.636. The van der Waals surface area contributed by atoms with Crippen LogP contribution in [-0.2, 0) is 14.9 Å². The normalized spacial score (nSPS) is 19.4. The average molecular weight is 289 g/mol. The van der Waals surface area contributed by atoms with E-state index in [0.29, 0.717) is 13.2 Å². The third kappa shape index (κ3) is 4.02. The topological polar surface area (TPSA) is 83.8 Å². The molecule has 2 N–H and O–H groups in total. The van der Waals surface area contributed by atoms with Gasteiger partial charge in [-0.2, -0.15) is 8.42 Å². The summed E-state index contributed by atoms with van der Waals surface area (Å²) in [5.41, 5.74) is 0. The molecule has 1 fully saturated rings. The zero-order chi connectivity index (χ0) is 13.7. The zero-order valence-corrected chi connectivity index (χ0v) is 11.6. The highest BCUT2D eigenvalue weighted by Gasteiger charge is 2.25. The molecule has 1 aromatic heterocycles. The minimum Gasteiger partial charge on any atom is -0.468 e. The lowest BCUT2D eigenvalue weighted by atomic mass is 10.2. The molecule has 1 unspecified atom stereocenters. The largest absolute Gasteiger partial charge is 0.468 e. The van der Waals surface area contributed by atoms with Crippen molar-refractivity contribution in [3.05, 3.63) is 24.2 Å². The molecule has 0 saturated carbocycles. The van der Waals surface area contributed by atoms with Gasteiger partial charge < -0.3 is 9.15 Å². The van der Waals surface area contributed by atoms with Gasteiger partial charge in [0.05, 0.1) is 25.5 Å². The van der Waals surface area contributed by atoms with Gasteiger partial charge in [-0.3, -0.25) is 4.90 Å². The van der Waals surface area contributed by atoms with Crippen LogP contribution < -0.4 is 9.44 Å². The monoisotopic (exact) mass is 289 g/mol. The van der Waals surface area contributed by atoms with Gasteiger partial charge >= 0.3 is 0 Å². The van der Waals surface area contributed by atoms with Crippen LogP contribution in [0.5, 0.6) is 0 Å². The van der Waals surface area contributed by atoms with Crippen LogP contribution in [-0.4, -0.2) is 53.2 Å². The van der Waals surface area contributed by atoms with E-state index in [1.807, 2.05) is 6.07 Å². The molecule has 0 amide bonds. The van der Waals surface area contributed by atoms with E-state index in [2.05, 4.69) is 14.3 Å². The second-order valence-corrected chi connectivity index (χ2v) is 5.94. The van der Waals surface area contributed by atoms with Gasteiger partial charge in [-0.15, -0.1) is 0 Å². The van der Waals surface area contributed by atoms with Gasteiger partial charge in [0.15, 0.2) is 0 Å². The fourth-order valence-corrected chi connectivity index (χ4v) is 2.56. The highest BCUT2D eigenvalue weighted by Crippen LogP contribution is 2.21. The van der Waals surface area contributed by atoms with Crippen molar-refractivity contribution in [3.63, 3.8) is 0 Å². The Balaban J connectivity index is 2.06. The van der Waals surface area contributed by atoms with Crippen molar-refractivity contribution in [3.8, 4) is 0 Å². The van der Waals surface area contributed by atoms with Gasteiger partial charge in [0.25, 0.3) is 10.2 Å². The van der Waals surface area contributed by atoms with Gasteiger partial charge in [-0.25, -0.2) is 9.44 Å². The molecule has 8 heteroatoms. The van der Waals surface area contributed by atoms with Crippen LogP contribution in [0.1, 0.15) is 11.8 Å². The number of furan rings is 1. The maximum Gasteiger partial charge on any atom is 0.276 e. The molecule has 1 aliphatic heterocycles. The third-order valence-electron chi connectivity index (χ3n) is 3.09. The second kappa shape index (κ2) is 6.49. The standard InChI is InChI=1S/C11H19N3O4S/c1-12-19(15,16)13-9-10(11-3-2-6-18-11)14-4-7-17-8-5-14/h2-3,6,10,12-13H,4-5,7-9H2,1H3. The van der Waals surface area contributed by atoms with E-state index in [4.69, 9.17) is 9.15 Å². The molecule has 1 atom stereocenters. The van der Waals surface area contributed by atoms with E-state index < -0.39 is 10.2 Å². The quantitative estimate of drug-likeness (QED) is 0.751.